The molecule has 1 fully saturated rings. The quantitative estimate of drug-likeness (QED) is 0.470. The highest BCUT2D eigenvalue weighted by molar-refractivity contribution is 7.98. The molecule has 0 bridgehead atoms. The average molecular weight is 286 g/mol. The van der Waals surface area contributed by atoms with Gasteiger partial charge in [-0.25, -0.2) is 9.97 Å². The van der Waals surface area contributed by atoms with Crippen molar-refractivity contribution in [3.8, 4) is 0 Å². The summed E-state index contributed by atoms with van der Waals surface area (Å²) in [6, 6.07) is 2.67. The number of nitrogens with zero attached hydrogens (tertiary/aromatic N) is 3. The molecule has 5 heteroatoms. The molecule has 100 valence electrons. The van der Waals surface area contributed by atoms with E-state index in [9.17, 15) is 0 Å². The van der Waals surface area contributed by atoms with Crippen molar-refractivity contribution in [1.29, 1.82) is 0 Å². The Balaban J connectivity index is 2.16. The maximum Gasteiger partial charge on any atom is 0.133 e. The van der Waals surface area contributed by atoms with E-state index in [-0.39, 0.29) is 0 Å². The highest BCUT2D eigenvalue weighted by Crippen LogP contribution is 2.27. The van der Waals surface area contributed by atoms with Crippen LogP contribution in [-0.4, -0.2) is 34.7 Å². The predicted molar refractivity (Wildman–Crippen MR) is 78.8 cm³/mol. The van der Waals surface area contributed by atoms with Crippen molar-refractivity contribution in [2.75, 3.05) is 23.6 Å². The van der Waals surface area contributed by atoms with Crippen LogP contribution in [0.1, 0.15) is 32.1 Å². The Morgan fingerprint density at radius 1 is 1.33 bits per heavy atom. The molecule has 1 aromatic rings. The van der Waals surface area contributed by atoms with Gasteiger partial charge in [-0.15, -0.1) is 23.4 Å². The number of alkyl halides is 1. The summed E-state index contributed by atoms with van der Waals surface area (Å²) in [7, 11) is 0. The summed E-state index contributed by atoms with van der Waals surface area (Å²) in [6.45, 7) is 0.872. The molecule has 1 aliphatic rings. The van der Waals surface area contributed by atoms with Crippen LogP contribution < -0.4 is 4.90 Å². The fourth-order valence-electron chi connectivity index (χ4n) is 2.57. The molecule has 2 rings (SSSR count). The van der Waals surface area contributed by atoms with E-state index < -0.39 is 0 Å². The van der Waals surface area contributed by atoms with Gasteiger partial charge in [-0.1, -0.05) is 19.3 Å². The molecule has 18 heavy (non-hydrogen) atoms. The van der Waals surface area contributed by atoms with E-state index in [1.54, 1.807) is 18.1 Å². The Kier molecular flexibility index (Phi) is 5.57. The van der Waals surface area contributed by atoms with E-state index in [0.717, 1.165) is 17.4 Å². The number of rotatable bonds is 5. The summed E-state index contributed by atoms with van der Waals surface area (Å²) in [6.07, 6.45) is 10.2. The standard InChI is InChI=1S/C13H20ClN3S/c1-18-13-9-12(15-10-16-13)17(8-7-14)11-5-3-2-4-6-11/h9-11H,2-8H2,1H3. The zero-order valence-corrected chi connectivity index (χ0v) is 12.4. The van der Waals surface area contributed by atoms with Gasteiger partial charge in [0.2, 0.25) is 0 Å². The number of halogens is 1. The van der Waals surface area contributed by atoms with Crippen LogP contribution in [0, 0.1) is 0 Å². The van der Waals surface area contributed by atoms with Gasteiger partial charge in [0.05, 0.1) is 0 Å². The van der Waals surface area contributed by atoms with Crippen molar-refractivity contribution in [3.63, 3.8) is 0 Å². The third kappa shape index (κ3) is 3.51. The van der Waals surface area contributed by atoms with Crippen LogP contribution in [-0.2, 0) is 0 Å². The first-order valence-electron chi connectivity index (χ1n) is 6.54. The van der Waals surface area contributed by atoms with Gasteiger partial charge in [-0.3, -0.25) is 0 Å². The van der Waals surface area contributed by atoms with Gasteiger partial charge in [0, 0.05) is 24.5 Å². The van der Waals surface area contributed by atoms with Crippen LogP contribution in [0.25, 0.3) is 0 Å². The third-order valence-electron chi connectivity index (χ3n) is 3.47. The van der Waals surface area contributed by atoms with E-state index >= 15 is 0 Å². The predicted octanol–water partition coefficient (Wildman–Crippen LogP) is 3.58. The van der Waals surface area contributed by atoms with Gasteiger partial charge < -0.3 is 4.90 Å². The lowest BCUT2D eigenvalue weighted by atomic mass is 9.94. The van der Waals surface area contributed by atoms with Gasteiger partial charge in [0.1, 0.15) is 17.2 Å². The molecule has 0 amide bonds. The van der Waals surface area contributed by atoms with Crippen molar-refractivity contribution in [3.05, 3.63) is 12.4 Å². The minimum Gasteiger partial charge on any atom is -0.352 e. The fourth-order valence-corrected chi connectivity index (χ4v) is 3.12. The second kappa shape index (κ2) is 7.19. The number of anilines is 1. The summed E-state index contributed by atoms with van der Waals surface area (Å²) in [5.74, 6) is 1.68. The molecule has 0 aliphatic heterocycles. The molecule has 0 aromatic carbocycles. The summed E-state index contributed by atoms with van der Waals surface area (Å²) in [5.41, 5.74) is 0. The first kappa shape index (κ1) is 13.9. The lowest BCUT2D eigenvalue weighted by molar-refractivity contribution is 0.416. The molecule has 0 N–H and O–H groups in total. The molecule has 1 saturated carbocycles. The van der Waals surface area contributed by atoms with Gasteiger partial charge in [-0.05, 0) is 19.1 Å². The van der Waals surface area contributed by atoms with Gasteiger partial charge in [0.15, 0.2) is 0 Å². The van der Waals surface area contributed by atoms with E-state index in [1.165, 1.54) is 32.1 Å². The first-order chi connectivity index (χ1) is 8.85. The fraction of sp³-hybridized carbons (Fsp3) is 0.692. The normalized spacial score (nSPS) is 16.8. The smallest absolute Gasteiger partial charge is 0.133 e. The van der Waals surface area contributed by atoms with E-state index in [2.05, 4.69) is 20.9 Å². The van der Waals surface area contributed by atoms with E-state index in [4.69, 9.17) is 11.6 Å². The molecule has 3 nitrogen and oxygen atoms in total. The van der Waals surface area contributed by atoms with Crippen molar-refractivity contribution in [2.45, 2.75) is 43.2 Å². The van der Waals surface area contributed by atoms with Crippen LogP contribution in [0.4, 0.5) is 5.82 Å². The van der Waals surface area contributed by atoms with Crippen LogP contribution in [0.3, 0.4) is 0 Å². The van der Waals surface area contributed by atoms with Gasteiger partial charge in [-0.2, -0.15) is 0 Å². The zero-order chi connectivity index (χ0) is 12.8. The molecule has 0 atom stereocenters. The Labute approximate surface area is 118 Å². The summed E-state index contributed by atoms with van der Waals surface area (Å²) in [5, 5.41) is 1.02. The number of thioether (sulfide) groups is 1. The highest BCUT2D eigenvalue weighted by Gasteiger charge is 2.22. The van der Waals surface area contributed by atoms with E-state index in [0.29, 0.717) is 11.9 Å². The Morgan fingerprint density at radius 3 is 2.78 bits per heavy atom. The number of hydrogen-bond donors (Lipinski definition) is 0. The summed E-state index contributed by atoms with van der Waals surface area (Å²) < 4.78 is 0. The first-order valence-corrected chi connectivity index (χ1v) is 8.29. The molecule has 1 heterocycles. The highest BCUT2D eigenvalue weighted by atomic mass is 35.5. The zero-order valence-electron chi connectivity index (χ0n) is 10.8. The van der Waals surface area contributed by atoms with Gasteiger partial charge >= 0.3 is 0 Å². The second-order valence-electron chi connectivity index (χ2n) is 4.59. The van der Waals surface area contributed by atoms with Crippen LogP contribution in [0.5, 0.6) is 0 Å². The molecule has 0 spiro atoms. The van der Waals surface area contributed by atoms with Crippen LogP contribution in [0.15, 0.2) is 17.4 Å². The lowest BCUT2D eigenvalue weighted by Gasteiger charge is -2.34. The largest absolute Gasteiger partial charge is 0.352 e. The maximum atomic E-state index is 5.95. The molecule has 0 radical (unpaired) electrons. The number of aromatic nitrogens is 2. The molecular formula is C13H20ClN3S. The second-order valence-corrected chi connectivity index (χ2v) is 5.80. The number of hydrogen-bond acceptors (Lipinski definition) is 4. The van der Waals surface area contributed by atoms with Crippen molar-refractivity contribution in [1.82, 2.24) is 9.97 Å². The van der Waals surface area contributed by atoms with Crippen LogP contribution >= 0.6 is 23.4 Å². The van der Waals surface area contributed by atoms with Gasteiger partial charge in [0.25, 0.3) is 0 Å². The molecule has 1 aromatic heterocycles. The Bertz CT molecular complexity index is 369. The SMILES string of the molecule is CSc1cc(N(CCCl)C2CCCCC2)ncn1. The summed E-state index contributed by atoms with van der Waals surface area (Å²) in [4.78, 5) is 11.0. The van der Waals surface area contributed by atoms with Crippen molar-refractivity contribution >= 4 is 29.2 Å². The Hall–Kier alpha value is -0.480. The monoisotopic (exact) mass is 285 g/mol. The molecule has 0 saturated heterocycles. The maximum absolute atomic E-state index is 5.95. The summed E-state index contributed by atoms with van der Waals surface area (Å²) >= 11 is 7.60. The molecule has 1 aliphatic carbocycles. The van der Waals surface area contributed by atoms with Crippen LogP contribution in [0.2, 0.25) is 0 Å². The lowest BCUT2D eigenvalue weighted by Crippen LogP contribution is -2.38. The third-order valence-corrected chi connectivity index (χ3v) is 4.28. The molecular weight excluding hydrogens is 266 g/mol. The Morgan fingerprint density at radius 2 is 2.11 bits per heavy atom. The topological polar surface area (TPSA) is 29.0 Å². The van der Waals surface area contributed by atoms with Crippen molar-refractivity contribution < 1.29 is 0 Å². The average Bonchev–Trinajstić information content (AvgIpc) is 2.46. The minimum atomic E-state index is 0.599. The molecule has 0 unspecified atom stereocenters. The van der Waals surface area contributed by atoms with E-state index in [1.807, 2.05) is 6.26 Å². The van der Waals surface area contributed by atoms with Crippen molar-refractivity contribution in [2.24, 2.45) is 0 Å². The minimum absolute atomic E-state index is 0.599.